The van der Waals surface area contributed by atoms with Crippen molar-refractivity contribution in [3.63, 3.8) is 0 Å². The van der Waals surface area contributed by atoms with Crippen LogP contribution in [0.5, 0.6) is 0 Å². The smallest absolute Gasteiger partial charge is 0.282 e. The topological polar surface area (TPSA) is 49.4 Å². The van der Waals surface area contributed by atoms with Crippen LogP contribution < -0.4 is 10.2 Å². The number of carbonyl (C=O) groups excluding carboxylic acids is 2. The van der Waals surface area contributed by atoms with E-state index in [-0.39, 0.29) is 11.8 Å². The van der Waals surface area contributed by atoms with Crippen LogP contribution in [0.3, 0.4) is 0 Å². The first-order chi connectivity index (χ1) is 16.4. The molecule has 4 nitrogen and oxygen atoms in total. The average Bonchev–Trinajstić information content (AvgIpc) is 3.05. The lowest BCUT2D eigenvalue weighted by Crippen LogP contribution is -2.33. The molecule has 1 aliphatic heterocycles. The van der Waals surface area contributed by atoms with Crippen molar-refractivity contribution < 1.29 is 9.59 Å². The molecule has 34 heavy (non-hydrogen) atoms. The molecule has 0 aromatic heterocycles. The van der Waals surface area contributed by atoms with Crippen LogP contribution in [0.2, 0.25) is 0 Å². The summed E-state index contributed by atoms with van der Waals surface area (Å²) in [5, 5.41) is 5.40. The maximum atomic E-state index is 13.9. The predicted molar refractivity (Wildman–Crippen MR) is 139 cm³/mol. The molecule has 0 fully saturated rings. The molecule has 1 aliphatic rings. The van der Waals surface area contributed by atoms with Crippen LogP contribution >= 0.6 is 0 Å². The number of aryl methyl sites for hydroxylation is 3. The molecule has 0 radical (unpaired) electrons. The summed E-state index contributed by atoms with van der Waals surface area (Å²) in [5.41, 5.74) is 6.87. The van der Waals surface area contributed by atoms with Crippen molar-refractivity contribution in [2.45, 2.75) is 27.7 Å². The van der Waals surface area contributed by atoms with E-state index in [2.05, 4.69) is 5.32 Å². The molecule has 0 saturated heterocycles. The van der Waals surface area contributed by atoms with E-state index in [1.807, 2.05) is 107 Å². The van der Waals surface area contributed by atoms with Gasteiger partial charge in [0.05, 0.1) is 11.3 Å². The molecule has 0 spiro atoms. The van der Waals surface area contributed by atoms with Crippen LogP contribution in [0.25, 0.3) is 16.3 Å². The Hall–Kier alpha value is -4.18. The quantitative estimate of drug-likeness (QED) is 0.366. The van der Waals surface area contributed by atoms with E-state index in [1.165, 1.54) is 4.90 Å². The Bertz CT molecular complexity index is 1510. The summed E-state index contributed by atoms with van der Waals surface area (Å²) >= 11 is 0. The zero-order chi connectivity index (χ0) is 24.0. The fourth-order valence-electron chi connectivity index (χ4n) is 4.66. The Morgan fingerprint density at radius 2 is 1.44 bits per heavy atom. The summed E-state index contributed by atoms with van der Waals surface area (Å²) in [6.07, 6.45) is 0. The molecular weight excluding hydrogens is 420 g/mol. The van der Waals surface area contributed by atoms with Crippen molar-refractivity contribution in [1.82, 2.24) is 0 Å². The largest absolute Gasteiger partial charge is 0.350 e. The number of imide groups is 1. The minimum atomic E-state index is -0.346. The molecule has 5 rings (SSSR count). The summed E-state index contributed by atoms with van der Waals surface area (Å²) in [4.78, 5) is 29.1. The van der Waals surface area contributed by atoms with Crippen LogP contribution in [0.15, 0.2) is 84.6 Å². The van der Waals surface area contributed by atoms with Gasteiger partial charge in [0.1, 0.15) is 5.70 Å². The number of nitrogens with one attached hydrogen (secondary N) is 1. The molecule has 4 aromatic carbocycles. The van der Waals surface area contributed by atoms with E-state index in [0.717, 1.165) is 44.3 Å². The summed E-state index contributed by atoms with van der Waals surface area (Å²) in [7, 11) is 0. The average molecular weight is 447 g/mol. The van der Waals surface area contributed by atoms with Gasteiger partial charge in [-0.3, -0.25) is 9.59 Å². The zero-order valence-corrected chi connectivity index (χ0v) is 19.8. The zero-order valence-electron chi connectivity index (χ0n) is 19.8. The van der Waals surface area contributed by atoms with Crippen LogP contribution in [-0.2, 0) is 9.59 Å². The molecule has 4 heteroatoms. The van der Waals surface area contributed by atoms with Crippen LogP contribution in [0, 0.1) is 27.7 Å². The Morgan fingerprint density at radius 1 is 0.706 bits per heavy atom. The van der Waals surface area contributed by atoms with Crippen molar-refractivity contribution >= 4 is 39.5 Å². The lowest BCUT2D eigenvalue weighted by molar-refractivity contribution is -0.120. The normalized spacial score (nSPS) is 13.8. The maximum Gasteiger partial charge on any atom is 0.282 e. The minimum absolute atomic E-state index is 0.300. The number of fused-ring (bicyclic) bond motifs is 1. The molecule has 0 bridgehead atoms. The van der Waals surface area contributed by atoms with Crippen molar-refractivity contribution in [1.29, 1.82) is 0 Å². The number of nitrogens with zero attached hydrogens (tertiary/aromatic N) is 1. The van der Waals surface area contributed by atoms with Crippen LogP contribution in [-0.4, -0.2) is 11.8 Å². The molecule has 2 amide bonds. The molecule has 0 atom stereocenters. The lowest BCUT2D eigenvalue weighted by atomic mass is 9.97. The second kappa shape index (κ2) is 8.31. The van der Waals surface area contributed by atoms with Crippen LogP contribution in [0.1, 0.15) is 27.8 Å². The van der Waals surface area contributed by atoms with E-state index in [9.17, 15) is 9.59 Å². The highest BCUT2D eigenvalue weighted by molar-refractivity contribution is 6.46. The highest BCUT2D eigenvalue weighted by atomic mass is 16.2. The summed E-state index contributed by atoms with van der Waals surface area (Å²) < 4.78 is 0. The van der Waals surface area contributed by atoms with Gasteiger partial charge in [-0.25, -0.2) is 4.90 Å². The van der Waals surface area contributed by atoms with E-state index in [1.54, 1.807) is 0 Å². The fraction of sp³-hybridized carbons (Fsp3) is 0.133. The monoisotopic (exact) mass is 446 g/mol. The van der Waals surface area contributed by atoms with Crippen LogP contribution in [0.4, 0.5) is 11.4 Å². The van der Waals surface area contributed by atoms with Gasteiger partial charge in [-0.2, -0.15) is 0 Å². The van der Waals surface area contributed by atoms with Gasteiger partial charge in [0.2, 0.25) is 0 Å². The van der Waals surface area contributed by atoms with E-state index in [4.69, 9.17) is 0 Å². The number of anilines is 2. The number of carbonyl (C=O) groups is 2. The van der Waals surface area contributed by atoms with Gasteiger partial charge >= 0.3 is 0 Å². The molecule has 0 unspecified atom stereocenters. The van der Waals surface area contributed by atoms with E-state index >= 15 is 0 Å². The van der Waals surface area contributed by atoms with Crippen molar-refractivity contribution in [2.24, 2.45) is 0 Å². The highest BCUT2D eigenvalue weighted by Gasteiger charge is 2.41. The highest BCUT2D eigenvalue weighted by Crippen LogP contribution is 2.37. The minimum Gasteiger partial charge on any atom is -0.350 e. The second-order valence-electron chi connectivity index (χ2n) is 8.88. The van der Waals surface area contributed by atoms with Gasteiger partial charge in [0, 0.05) is 11.1 Å². The Labute approximate surface area is 199 Å². The Balaban J connectivity index is 1.71. The fourth-order valence-corrected chi connectivity index (χ4v) is 4.66. The molecule has 0 aliphatic carbocycles. The Kier molecular flexibility index (Phi) is 5.29. The standard InChI is InChI=1S/C30H26N2O2/c1-18-15-16-23(20(3)17-18)27-28(31-25-13-8-11-22-10-5-6-12-24(22)25)30(34)32(29(27)33)26-14-7-9-19(2)21(26)4/h5-17,31H,1-4H3. The molecule has 4 aromatic rings. The molecule has 0 saturated carbocycles. The lowest BCUT2D eigenvalue weighted by Gasteiger charge is -2.19. The number of amides is 2. The maximum absolute atomic E-state index is 13.9. The van der Waals surface area contributed by atoms with Gasteiger partial charge in [0.25, 0.3) is 11.8 Å². The molecule has 1 heterocycles. The number of hydrogen-bond acceptors (Lipinski definition) is 3. The van der Waals surface area contributed by atoms with Gasteiger partial charge < -0.3 is 5.32 Å². The van der Waals surface area contributed by atoms with E-state index < -0.39 is 0 Å². The third kappa shape index (κ3) is 3.48. The Morgan fingerprint density at radius 3 is 2.24 bits per heavy atom. The summed E-state index contributed by atoms with van der Waals surface area (Å²) in [6, 6.07) is 25.6. The SMILES string of the molecule is Cc1ccc(C2=C(Nc3cccc4ccccc34)C(=O)N(c3cccc(C)c3C)C2=O)c(C)c1. The van der Waals surface area contributed by atoms with Gasteiger partial charge in [-0.1, -0.05) is 72.3 Å². The van der Waals surface area contributed by atoms with Crippen molar-refractivity contribution in [2.75, 3.05) is 10.2 Å². The van der Waals surface area contributed by atoms with Crippen molar-refractivity contribution in [3.05, 3.63) is 112 Å². The summed E-state index contributed by atoms with van der Waals surface area (Å²) in [5.74, 6) is -0.657. The van der Waals surface area contributed by atoms with E-state index in [0.29, 0.717) is 17.0 Å². The third-order valence-corrected chi connectivity index (χ3v) is 6.60. The molecular formula is C30H26N2O2. The predicted octanol–water partition coefficient (Wildman–Crippen LogP) is 6.47. The summed E-state index contributed by atoms with van der Waals surface area (Å²) in [6.45, 7) is 7.92. The first-order valence-electron chi connectivity index (χ1n) is 11.4. The number of hydrogen-bond donors (Lipinski definition) is 1. The molecule has 1 N–H and O–H groups in total. The van der Waals surface area contributed by atoms with Gasteiger partial charge in [-0.05, 0) is 67.5 Å². The number of rotatable bonds is 4. The first kappa shape index (κ1) is 21.7. The number of benzene rings is 4. The van der Waals surface area contributed by atoms with Gasteiger partial charge in [-0.15, -0.1) is 0 Å². The van der Waals surface area contributed by atoms with Gasteiger partial charge in [0.15, 0.2) is 0 Å². The molecule has 168 valence electrons. The van der Waals surface area contributed by atoms with Crippen molar-refractivity contribution in [3.8, 4) is 0 Å². The second-order valence-corrected chi connectivity index (χ2v) is 8.88. The third-order valence-electron chi connectivity index (χ3n) is 6.60. The first-order valence-corrected chi connectivity index (χ1v) is 11.4.